The number of nitrogens with two attached hydrogens (primary N) is 1. The van der Waals surface area contributed by atoms with Crippen molar-refractivity contribution in [1.29, 1.82) is 0 Å². The number of hydrogen-bond donors (Lipinski definition) is 2. The number of hydrogen-bond acceptors (Lipinski definition) is 6. The first-order valence-corrected chi connectivity index (χ1v) is 4.55. The van der Waals surface area contributed by atoms with Gasteiger partial charge in [-0.3, -0.25) is 4.98 Å². The third kappa shape index (κ3) is 3.00. The summed E-state index contributed by atoms with van der Waals surface area (Å²) in [6, 6.07) is 0. The molecule has 0 saturated heterocycles. The number of esters is 1. The maximum absolute atomic E-state index is 12.2. The summed E-state index contributed by atoms with van der Waals surface area (Å²) in [5, 5.41) is 9.36. The minimum absolute atomic E-state index is 0.328. The van der Waals surface area contributed by atoms with Crippen LogP contribution < -0.4 is 10.5 Å². The first-order chi connectivity index (χ1) is 8.30. The predicted octanol–water partition coefficient (Wildman–Crippen LogP) is 0.931. The Labute approximate surface area is 99.1 Å². The van der Waals surface area contributed by atoms with Gasteiger partial charge in [-0.1, -0.05) is 0 Å². The van der Waals surface area contributed by atoms with Gasteiger partial charge in [-0.15, -0.1) is 13.2 Å². The summed E-state index contributed by atoms with van der Waals surface area (Å²) in [6.07, 6.45) is -4.26. The van der Waals surface area contributed by atoms with Crippen molar-refractivity contribution in [3.05, 3.63) is 17.5 Å². The quantitative estimate of drug-likeness (QED) is 0.790. The molecular formula is C9H9F3N2O4. The summed E-state index contributed by atoms with van der Waals surface area (Å²) in [5.74, 6) is -2.95. The van der Waals surface area contributed by atoms with Gasteiger partial charge in [0.1, 0.15) is 5.56 Å². The molecule has 18 heavy (non-hydrogen) atoms. The molecule has 0 saturated carbocycles. The molecule has 3 N–H and O–H groups in total. The average molecular weight is 266 g/mol. The zero-order valence-corrected chi connectivity index (χ0v) is 9.11. The van der Waals surface area contributed by atoms with Gasteiger partial charge in [0.15, 0.2) is 11.5 Å². The minimum Gasteiger partial charge on any atom is -0.505 e. The minimum atomic E-state index is -5.05. The molecule has 0 atom stereocenters. The van der Waals surface area contributed by atoms with Crippen LogP contribution in [0, 0.1) is 0 Å². The zero-order valence-electron chi connectivity index (χ0n) is 9.11. The highest BCUT2D eigenvalue weighted by Crippen LogP contribution is 2.34. The van der Waals surface area contributed by atoms with E-state index in [1.54, 1.807) is 0 Å². The van der Waals surface area contributed by atoms with Crippen molar-refractivity contribution >= 4 is 5.97 Å². The van der Waals surface area contributed by atoms with Crippen molar-refractivity contribution in [3.63, 3.8) is 0 Å². The highest BCUT2D eigenvalue weighted by molar-refractivity contribution is 5.95. The number of halogens is 3. The van der Waals surface area contributed by atoms with E-state index in [1.807, 2.05) is 0 Å². The van der Waals surface area contributed by atoms with Crippen molar-refractivity contribution in [3.8, 4) is 11.5 Å². The van der Waals surface area contributed by atoms with Crippen LogP contribution in [0.3, 0.4) is 0 Å². The molecule has 0 radical (unpaired) electrons. The fourth-order valence-electron chi connectivity index (χ4n) is 1.19. The Bertz CT molecular complexity index is 462. The van der Waals surface area contributed by atoms with E-state index < -0.39 is 35.9 Å². The molecule has 0 aromatic carbocycles. The van der Waals surface area contributed by atoms with E-state index in [0.717, 1.165) is 13.3 Å². The molecule has 6 nitrogen and oxygen atoms in total. The van der Waals surface area contributed by atoms with Crippen molar-refractivity contribution < 1.29 is 32.5 Å². The second-order valence-electron chi connectivity index (χ2n) is 3.04. The summed E-state index contributed by atoms with van der Waals surface area (Å²) in [5.41, 5.74) is 4.09. The SMILES string of the molecule is COC(=O)c1c(O)cnc(CN)c1OC(F)(F)F. The zero-order chi connectivity index (χ0) is 13.9. The van der Waals surface area contributed by atoms with Crippen LogP contribution in [0.2, 0.25) is 0 Å². The summed E-state index contributed by atoms with van der Waals surface area (Å²) in [4.78, 5) is 14.8. The number of pyridine rings is 1. The number of carbonyl (C=O) groups is 1. The van der Waals surface area contributed by atoms with E-state index >= 15 is 0 Å². The third-order valence-electron chi connectivity index (χ3n) is 1.89. The molecule has 0 bridgehead atoms. The van der Waals surface area contributed by atoms with Crippen LogP contribution in [0.4, 0.5) is 13.2 Å². The second-order valence-corrected chi connectivity index (χ2v) is 3.04. The van der Waals surface area contributed by atoms with Crippen molar-refractivity contribution in [1.82, 2.24) is 4.98 Å². The molecule has 1 heterocycles. The standard InChI is InChI=1S/C9H9F3N2O4/c1-17-8(16)6-5(15)3-14-4(2-13)7(6)18-9(10,11)12/h3,15H,2,13H2,1H3. The Kier molecular flexibility index (Phi) is 3.96. The van der Waals surface area contributed by atoms with E-state index in [-0.39, 0.29) is 5.69 Å². The predicted molar refractivity (Wildman–Crippen MR) is 51.8 cm³/mol. The smallest absolute Gasteiger partial charge is 0.505 e. The molecular weight excluding hydrogens is 257 g/mol. The molecule has 1 aromatic heterocycles. The van der Waals surface area contributed by atoms with Crippen LogP contribution in [0.25, 0.3) is 0 Å². The van der Waals surface area contributed by atoms with Crippen LogP contribution in [-0.2, 0) is 11.3 Å². The van der Waals surface area contributed by atoms with Gasteiger partial charge in [0.05, 0.1) is 19.0 Å². The van der Waals surface area contributed by atoms with Crippen molar-refractivity contribution in [2.45, 2.75) is 12.9 Å². The molecule has 0 fully saturated rings. The molecule has 9 heteroatoms. The van der Waals surface area contributed by atoms with Gasteiger partial charge >= 0.3 is 12.3 Å². The largest absolute Gasteiger partial charge is 0.573 e. The molecule has 1 rings (SSSR count). The van der Waals surface area contributed by atoms with Crippen LogP contribution >= 0.6 is 0 Å². The van der Waals surface area contributed by atoms with E-state index in [2.05, 4.69) is 14.5 Å². The Morgan fingerprint density at radius 1 is 1.56 bits per heavy atom. The number of ether oxygens (including phenoxy) is 2. The summed E-state index contributed by atoms with van der Waals surface area (Å²) in [6.45, 7) is -0.407. The van der Waals surface area contributed by atoms with Gasteiger partial charge in [-0.05, 0) is 0 Å². The number of carbonyl (C=O) groups excluding carboxylic acids is 1. The molecule has 1 aromatic rings. The summed E-state index contributed by atoms with van der Waals surface area (Å²) >= 11 is 0. The number of aromatic hydroxyl groups is 1. The van der Waals surface area contributed by atoms with E-state index in [4.69, 9.17) is 5.73 Å². The fraction of sp³-hybridized carbons (Fsp3) is 0.333. The summed E-state index contributed by atoms with van der Waals surface area (Å²) in [7, 11) is 0.946. The summed E-state index contributed by atoms with van der Waals surface area (Å²) < 4.78 is 44.5. The average Bonchev–Trinajstić information content (AvgIpc) is 2.27. The Morgan fingerprint density at radius 3 is 2.61 bits per heavy atom. The number of alkyl halides is 3. The van der Waals surface area contributed by atoms with Gasteiger partial charge in [-0.2, -0.15) is 0 Å². The highest BCUT2D eigenvalue weighted by Gasteiger charge is 2.36. The molecule has 0 aliphatic rings. The fourth-order valence-corrected chi connectivity index (χ4v) is 1.19. The van der Waals surface area contributed by atoms with Gasteiger partial charge in [0, 0.05) is 6.54 Å². The molecule has 0 aliphatic carbocycles. The molecule has 0 amide bonds. The number of aromatic nitrogens is 1. The highest BCUT2D eigenvalue weighted by atomic mass is 19.4. The maximum atomic E-state index is 12.2. The Morgan fingerprint density at radius 2 is 2.17 bits per heavy atom. The lowest BCUT2D eigenvalue weighted by Gasteiger charge is -2.15. The van der Waals surface area contributed by atoms with E-state index in [9.17, 15) is 23.1 Å². The molecule has 0 unspecified atom stereocenters. The monoisotopic (exact) mass is 266 g/mol. The van der Waals surface area contributed by atoms with Crippen LogP contribution in [-0.4, -0.2) is 29.5 Å². The lowest BCUT2D eigenvalue weighted by atomic mass is 10.2. The molecule has 0 spiro atoms. The molecule has 100 valence electrons. The number of nitrogens with zero attached hydrogens (tertiary/aromatic N) is 1. The van der Waals surface area contributed by atoms with Crippen LogP contribution in [0.1, 0.15) is 16.1 Å². The molecule has 0 aliphatic heterocycles. The van der Waals surface area contributed by atoms with Crippen LogP contribution in [0.5, 0.6) is 11.5 Å². The number of methoxy groups -OCH3 is 1. The van der Waals surface area contributed by atoms with Crippen molar-refractivity contribution in [2.75, 3.05) is 7.11 Å². The van der Waals surface area contributed by atoms with E-state index in [0.29, 0.717) is 0 Å². The van der Waals surface area contributed by atoms with E-state index in [1.165, 1.54) is 0 Å². The van der Waals surface area contributed by atoms with Gasteiger partial charge in [-0.25, -0.2) is 4.79 Å². The lowest BCUT2D eigenvalue weighted by Crippen LogP contribution is -2.22. The van der Waals surface area contributed by atoms with Crippen molar-refractivity contribution in [2.24, 2.45) is 5.73 Å². The van der Waals surface area contributed by atoms with Gasteiger partial charge in [0.2, 0.25) is 0 Å². The normalized spacial score (nSPS) is 11.2. The van der Waals surface area contributed by atoms with Gasteiger partial charge < -0.3 is 20.3 Å². The Hall–Kier alpha value is -2.03. The van der Waals surface area contributed by atoms with Crippen LogP contribution in [0.15, 0.2) is 6.20 Å². The Balaban J connectivity index is 3.41. The van der Waals surface area contributed by atoms with Gasteiger partial charge in [0.25, 0.3) is 0 Å². The number of rotatable bonds is 3. The topological polar surface area (TPSA) is 94.7 Å². The third-order valence-corrected chi connectivity index (χ3v) is 1.89. The first kappa shape index (κ1) is 14.0. The lowest BCUT2D eigenvalue weighted by molar-refractivity contribution is -0.275. The second kappa shape index (κ2) is 5.08. The maximum Gasteiger partial charge on any atom is 0.573 e. The first-order valence-electron chi connectivity index (χ1n) is 4.55.